The van der Waals surface area contributed by atoms with Gasteiger partial charge >= 0.3 is 5.97 Å². The highest BCUT2D eigenvalue weighted by Gasteiger charge is 2.35. The predicted molar refractivity (Wildman–Crippen MR) is 47.9 cm³/mol. The van der Waals surface area contributed by atoms with Crippen LogP contribution in [0.4, 0.5) is 0 Å². The molecule has 0 fully saturated rings. The minimum absolute atomic E-state index is 0.108. The predicted octanol–water partition coefficient (Wildman–Crippen LogP) is 0.814. The molecule has 4 heteroatoms. The number of rotatable bonds is 0. The smallest absolute Gasteiger partial charge is 0.344 e. The quantitative estimate of drug-likeness (QED) is 0.600. The third-order valence-electron chi connectivity index (χ3n) is 2.16. The number of hydrogen-bond donors (Lipinski definition) is 2. The van der Waals surface area contributed by atoms with Crippen molar-refractivity contribution >= 4 is 5.97 Å². The molecule has 0 saturated carbocycles. The van der Waals surface area contributed by atoms with Crippen LogP contribution in [0.3, 0.4) is 0 Å². The lowest BCUT2D eigenvalue weighted by Gasteiger charge is -2.29. The maximum Gasteiger partial charge on any atom is 0.344 e. The van der Waals surface area contributed by atoms with E-state index >= 15 is 0 Å². The lowest BCUT2D eigenvalue weighted by molar-refractivity contribution is -0.154. The average molecular weight is 194 g/mol. The molecule has 4 nitrogen and oxygen atoms in total. The molecule has 0 radical (unpaired) electrons. The van der Waals surface area contributed by atoms with Crippen molar-refractivity contribution in [1.82, 2.24) is 0 Å². The SMILES string of the molecule is CC1(O)Cc2cccc(O)c2C(=O)O1. The van der Waals surface area contributed by atoms with E-state index in [1.807, 2.05) is 0 Å². The number of phenols is 1. The summed E-state index contributed by atoms with van der Waals surface area (Å²) in [5, 5.41) is 19.0. The Labute approximate surface area is 80.7 Å². The molecule has 0 bridgehead atoms. The number of phenolic OH excluding ortho intramolecular Hbond substituents is 1. The first-order valence-electron chi connectivity index (χ1n) is 4.26. The van der Waals surface area contributed by atoms with E-state index < -0.39 is 11.8 Å². The highest BCUT2D eigenvalue weighted by Crippen LogP contribution is 2.31. The molecule has 1 aliphatic heterocycles. The molecule has 0 aliphatic carbocycles. The van der Waals surface area contributed by atoms with Crippen LogP contribution in [0.1, 0.15) is 22.8 Å². The highest BCUT2D eigenvalue weighted by atomic mass is 16.7. The van der Waals surface area contributed by atoms with Crippen LogP contribution in [0.15, 0.2) is 18.2 Å². The van der Waals surface area contributed by atoms with E-state index in [4.69, 9.17) is 4.74 Å². The van der Waals surface area contributed by atoms with E-state index in [1.54, 1.807) is 12.1 Å². The Balaban J connectivity index is 2.56. The number of carbonyl (C=O) groups is 1. The molecule has 2 rings (SSSR count). The Kier molecular flexibility index (Phi) is 1.75. The third-order valence-corrected chi connectivity index (χ3v) is 2.16. The number of aliphatic hydroxyl groups is 1. The van der Waals surface area contributed by atoms with Crippen molar-refractivity contribution in [3.05, 3.63) is 29.3 Å². The van der Waals surface area contributed by atoms with Crippen LogP contribution in [-0.4, -0.2) is 22.0 Å². The molecule has 0 amide bonds. The van der Waals surface area contributed by atoms with Crippen LogP contribution in [0.25, 0.3) is 0 Å². The Bertz CT molecular complexity index is 395. The van der Waals surface area contributed by atoms with Crippen LogP contribution < -0.4 is 0 Å². The summed E-state index contributed by atoms with van der Waals surface area (Å²) in [5.41, 5.74) is 0.755. The van der Waals surface area contributed by atoms with Crippen LogP contribution in [0.2, 0.25) is 0 Å². The Morgan fingerprint density at radius 2 is 2.21 bits per heavy atom. The molecule has 1 heterocycles. The normalized spacial score (nSPS) is 25.4. The van der Waals surface area contributed by atoms with Gasteiger partial charge in [0.15, 0.2) is 0 Å². The fraction of sp³-hybridized carbons (Fsp3) is 0.300. The van der Waals surface area contributed by atoms with E-state index in [1.165, 1.54) is 13.0 Å². The second-order valence-corrected chi connectivity index (χ2v) is 3.55. The zero-order chi connectivity index (χ0) is 10.3. The first-order valence-corrected chi connectivity index (χ1v) is 4.26. The number of hydrogen-bond acceptors (Lipinski definition) is 4. The van der Waals surface area contributed by atoms with Crippen molar-refractivity contribution in [2.24, 2.45) is 0 Å². The molecule has 0 spiro atoms. The molecule has 1 unspecified atom stereocenters. The van der Waals surface area contributed by atoms with Gasteiger partial charge in [-0.15, -0.1) is 0 Å². The largest absolute Gasteiger partial charge is 0.507 e. The molecule has 1 aromatic carbocycles. The van der Waals surface area contributed by atoms with Crippen LogP contribution in [0, 0.1) is 0 Å². The Morgan fingerprint density at radius 1 is 1.50 bits per heavy atom. The van der Waals surface area contributed by atoms with Gasteiger partial charge in [0.1, 0.15) is 11.3 Å². The maximum atomic E-state index is 11.4. The summed E-state index contributed by atoms with van der Waals surface area (Å²) in [6.07, 6.45) is 0.197. The molecule has 1 atom stereocenters. The first kappa shape index (κ1) is 9.02. The summed E-state index contributed by atoms with van der Waals surface area (Å²) in [6.45, 7) is 1.41. The number of ether oxygens (including phenoxy) is 1. The molecule has 2 N–H and O–H groups in total. The summed E-state index contributed by atoms with van der Waals surface area (Å²) >= 11 is 0. The number of aromatic hydroxyl groups is 1. The summed E-state index contributed by atoms with van der Waals surface area (Å²) in [7, 11) is 0. The molecular weight excluding hydrogens is 184 g/mol. The van der Waals surface area contributed by atoms with Crippen LogP contribution >= 0.6 is 0 Å². The lowest BCUT2D eigenvalue weighted by Crippen LogP contribution is -2.38. The van der Waals surface area contributed by atoms with Gasteiger partial charge in [-0.3, -0.25) is 0 Å². The fourth-order valence-electron chi connectivity index (χ4n) is 1.61. The maximum absolute atomic E-state index is 11.4. The summed E-state index contributed by atoms with van der Waals surface area (Å²) in [5.74, 6) is -2.27. The first-order chi connectivity index (χ1) is 6.49. The fourth-order valence-corrected chi connectivity index (χ4v) is 1.61. The van der Waals surface area contributed by atoms with Gasteiger partial charge in [0, 0.05) is 13.3 Å². The second kappa shape index (κ2) is 2.72. The monoisotopic (exact) mass is 194 g/mol. The highest BCUT2D eigenvalue weighted by molar-refractivity contribution is 5.95. The molecule has 74 valence electrons. The number of fused-ring (bicyclic) bond motifs is 1. The number of esters is 1. The van der Waals surface area contributed by atoms with E-state index in [0.717, 1.165) is 0 Å². The van der Waals surface area contributed by atoms with Crippen molar-refractivity contribution < 1.29 is 19.7 Å². The van der Waals surface area contributed by atoms with Crippen molar-refractivity contribution in [2.45, 2.75) is 19.1 Å². The average Bonchev–Trinajstić information content (AvgIpc) is 2.00. The number of cyclic esters (lactones) is 1. The van der Waals surface area contributed by atoms with Crippen molar-refractivity contribution in [3.8, 4) is 5.75 Å². The number of benzene rings is 1. The molecule has 1 aromatic rings. The van der Waals surface area contributed by atoms with Crippen molar-refractivity contribution in [2.75, 3.05) is 0 Å². The van der Waals surface area contributed by atoms with Gasteiger partial charge in [0.2, 0.25) is 5.79 Å². The van der Waals surface area contributed by atoms with E-state index in [-0.39, 0.29) is 17.7 Å². The van der Waals surface area contributed by atoms with Crippen LogP contribution in [0.5, 0.6) is 5.75 Å². The zero-order valence-electron chi connectivity index (χ0n) is 7.65. The molecular formula is C10H10O4. The van der Waals surface area contributed by atoms with Gasteiger partial charge in [-0.25, -0.2) is 4.79 Å². The zero-order valence-corrected chi connectivity index (χ0v) is 7.65. The Hall–Kier alpha value is -1.55. The van der Waals surface area contributed by atoms with E-state index in [0.29, 0.717) is 5.56 Å². The van der Waals surface area contributed by atoms with Gasteiger partial charge in [-0.05, 0) is 11.6 Å². The lowest BCUT2D eigenvalue weighted by atomic mass is 9.97. The van der Waals surface area contributed by atoms with Crippen molar-refractivity contribution in [1.29, 1.82) is 0 Å². The summed E-state index contributed by atoms with van der Waals surface area (Å²) in [4.78, 5) is 11.4. The van der Waals surface area contributed by atoms with Gasteiger partial charge in [-0.1, -0.05) is 12.1 Å². The topological polar surface area (TPSA) is 66.8 Å². The van der Waals surface area contributed by atoms with Gasteiger partial charge in [0.05, 0.1) is 0 Å². The van der Waals surface area contributed by atoms with Gasteiger partial charge in [-0.2, -0.15) is 0 Å². The van der Waals surface area contributed by atoms with E-state index in [2.05, 4.69) is 0 Å². The standard InChI is InChI=1S/C10H10O4/c1-10(13)5-6-3-2-4-7(11)8(6)9(12)14-10/h2-4,11,13H,5H2,1H3. The Morgan fingerprint density at radius 3 is 2.93 bits per heavy atom. The summed E-state index contributed by atoms with van der Waals surface area (Å²) < 4.78 is 4.74. The summed E-state index contributed by atoms with van der Waals surface area (Å²) in [6, 6.07) is 4.73. The third kappa shape index (κ3) is 1.33. The van der Waals surface area contributed by atoms with E-state index in [9.17, 15) is 15.0 Å². The van der Waals surface area contributed by atoms with Crippen molar-refractivity contribution in [3.63, 3.8) is 0 Å². The van der Waals surface area contributed by atoms with Crippen LogP contribution in [-0.2, 0) is 11.2 Å². The molecule has 1 aliphatic rings. The number of carbonyl (C=O) groups excluding carboxylic acids is 1. The molecule has 0 saturated heterocycles. The molecule has 0 aromatic heterocycles. The minimum Gasteiger partial charge on any atom is -0.507 e. The second-order valence-electron chi connectivity index (χ2n) is 3.55. The minimum atomic E-state index is -1.47. The van der Waals surface area contributed by atoms with Gasteiger partial charge < -0.3 is 14.9 Å². The molecule has 14 heavy (non-hydrogen) atoms. The van der Waals surface area contributed by atoms with Gasteiger partial charge in [0.25, 0.3) is 0 Å².